The van der Waals surface area contributed by atoms with Gasteiger partial charge in [-0.15, -0.1) is 0 Å². The van der Waals surface area contributed by atoms with Crippen LogP contribution in [0.5, 0.6) is 0 Å². The van der Waals surface area contributed by atoms with E-state index in [1.54, 1.807) is 32.9 Å². The van der Waals surface area contributed by atoms with E-state index in [2.05, 4.69) is 10.6 Å². The maximum absolute atomic E-state index is 13.3. The van der Waals surface area contributed by atoms with Gasteiger partial charge in [-0.3, -0.25) is 4.79 Å². The number of nitrogens with one attached hydrogen (secondary N) is 2. The quantitative estimate of drug-likeness (QED) is 0.776. The standard InChI is InChI=1S/C14H19FN2O3/c1-8(2)11(13(18)19)7-16-14(20)17-10-5-4-9(3)12(15)6-10/h4-6,8,11H,7H2,1-3H3,(H,18,19)(H2,16,17,20). The number of halogens is 1. The van der Waals surface area contributed by atoms with Gasteiger partial charge in [0.1, 0.15) is 5.82 Å². The Labute approximate surface area is 117 Å². The second kappa shape index (κ2) is 6.88. The van der Waals surface area contributed by atoms with E-state index in [-0.39, 0.29) is 12.5 Å². The SMILES string of the molecule is Cc1ccc(NC(=O)NCC(C(=O)O)C(C)C)cc1F. The van der Waals surface area contributed by atoms with Crippen LogP contribution in [0.15, 0.2) is 18.2 Å². The molecule has 20 heavy (non-hydrogen) atoms. The summed E-state index contributed by atoms with van der Waals surface area (Å²) in [7, 11) is 0. The second-order valence-electron chi connectivity index (χ2n) is 4.99. The van der Waals surface area contributed by atoms with Crippen LogP contribution < -0.4 is 10.6 Å². The third-order valence-corrected chi connectivity index (χ3v) is 3.03. The molecule has 1 rings (SSSR count). The van der Waals surface area contributed by atoms with Gasteiger partial charge in [-0.1, -0.05) is 19.9 Å². The zero-order valence-electron chi connectivity index (χ0n) is 11.7. The highest BCUT2D eigenvalue weighted by molar-refractivity contribution is 5.89. The molecule has 0 spiro atoms. The van der Waals surface area contributed by atoms with Crippen LogP contribution in [-0.4, -0.2) is 23.7 Å². The summed E-state index contributed by atoms with van der Waals surface area (Å²) in [6, 6.07) is 3.79. The van der Waals surface area contributed by atoms with Crippen molar-refractivity contribution in [2.45, 2.75) is 20.8 Å². The highest BCUT2D eigenvalue weighted by Gasteiger charge is 2.21. The Morgan fingerprint density at radius 1 is 1.35 bits per heavy atom. The number of carbonyl (C=O) groups excluding carboxylic acids is 1. The molecule has 0 aliphatic rings. The molecule has 0 aliphatic carbocycles. The number of aliphatic carboxylic acids is 1. The molecule has 3 N–H and O–H groups in total. The Morgan fingerprint density at radius 2 is 2.00 bits per heavy atom. The van der Waals surface area contributed by atoms with E-state index in [0.717, 1.165) is 0 Å². The molecular weight excluding hydrogens is 263 g/mol. The number of rotatable bonds is 5. The molecule has 1 aromatic carbocycles. The van der Waals surface area contributed by atoms with Crippen molar-refractivity contribution in [2.75, 3.05) is 11.9 Å². The molecule has 0 fully saturated rings. The second-order valence-corrected chi connectivity index (χ2v) is 4.99. The number of carboxylic acids is 1. The summed E-state index contributed by atoms with van der Waals surface area (Å²) in [5.41, 5.74) is 0.809. The lowest BCUT2D eigenvalue weighted by Crippen LogP contribution is -2.37. The average Bonchev–Trinajstić information content (AvgIpc) is 2.33. The highest BCUT2D eigenvalue weighted by Crippen LogP contribution is 2.13. The smallest absolute Gasteiger partial charge is 0.319 e. The monoisotopic (exact) mass is 282 g/mol. The van der Waals surface area contributed by atoms with Crippen molar-refractivity contribution in [1.82, 2.24) is 5.32 Å². The molecule has 6 heteroatoms. The molecule has 5 nitrogen and oxygen atoms in total. The Kier molecular flexibility index (Phi) is 5.49. The minimum absolute atomic E-state index is 0.0210. The number of urea groups is 1. The summed E-state index contributed by atoms with van der Waals surface area (Å²) in [5.74, 6) is -2.12. The molecule has 1 unspecified atom stereocenters. The van der Waals surface area contributed by atoms with Gasteiger partial charge in [0, 0.05) is 12.2 Å². The minimum atomic E-state index is -0.957. The van der Waals surface area contributed by atoms with Crippen molar-refractivity contribution in [3.8, 4) is 0 Å². The van der Waals surface area contributed by atoms with Crippen LogP contribution in [0, 0.1) is 24.6 Å². The van der Waals surface area contributed by atoms with Crippen LogP contribution in [0.3, 0.4) is 0 Å². The summed E-state index contributed by atoms with van der Waals surface area (Å²) in [5, 5.41) is 13.9. The lowest BCUT2D eigenvalue weighted by atomic mass is 9.96. The third kappa shape index (κ3) is 4.53. The summed E-state index contributed by atoms with van der Waals surface area (Å²) >= 11 is 0. The van der Waals surface area contributed by atoms with Crippen LogP contribution in [0.1, 0.15) is 19.4 Å². The van der Waals surface area contributed by atoms with Gasteiger partial charge in [0.2, 0.25) is 0 Å². The largest absolute Gasteiger partial charge is 0.481 e. The van der Waals surface area contributed by atoms with E-state index in [1.165, 1.54) is 6.07 Å². The zero-order valence-corrected chi connectivity index (χ0v) is 11.7. The van der Waals surface area contributed by atoms with E-state index < -0.39 is 23.7 Å². The van der Waals surface area contributed by atoms with Crippen LogP contribution in [0.4, 0.5) is 14.9 Å². The molecule has 0 radical (unpaired) electrons. The van der Waals surface area contributed by atoms with Crippen molar-refractivity contribution in [3.63, 3.8) is 0 Å². The van der Waals surface area contributed by atoms with Crippen molar-refractivity contribution in [2.24, 2.45) is 11.8 Å². The summed E-state index contributed by atoms with van der Waals surface area (Å²) in [6.07, 6.45) is 0. The maximum atomic E-state index is 13.3. The summed E-state index contributed by atoms with van der Waals surface area (Å²) in [4.78, 5) is 22.6. The fourth-order valence-electron chi connectivity index (χ4n) is 1.66. The number of hydrogen-bond acceptors (Lipinski definition) is 2. The van der Waals surface area contributed by atoms with E-state index >= 15 is 0 Å². The highest BCUT2D eigenvalue weighted by atomic mass is 19.1. The molecule has 1 aromatic rings. The number of amides is 2. The number of hydrogen-bond donors (Lipinski definition) is 3. The van der Waals surface area contributed by atoms with Crippen molar-refractivity contribution < 1.29 is 19.1 Å². The van der Waals surface area contributed by atoms with Crippen LogP contribution in [0.2, 0.25) is 0 Å². The number of aryl methyl sites for hydroxylation is 1. The molecule has 0 aliphatic heterocycles. The van der Waals surface area contributed by atoms with Crippen LogP contribution in [-0.2, 0) is 4.79 Å². The van der Waals surface area contributed by atoms with Gasteiger partial charge in [-0.25, -0.2) is 9.18 Å². The van der Waals surface area contributed by atoms with Crippen molar-refractivity contribution >= 4 is 17.7 Å². The van der Waals surface area contributed by atoms with Gasteiger partial charge < -0.3 is 15.7 Å². The van der Waals surface area contributed by atoms with Gasteiger partial charge in [0.15, 0.2) is 0 Å². The Hall–Kier alpha value is -2.11. The molecule has 2 amide bonds. The van der Waals surface area contributed by atoms with Gasteiger partial charge in [-0.05, 0) is 30.5 Å². The minimum Gasteiger partial charge on any atom is -0.481 e. The first-order chi connectivity index (χ1) is 9.31. The molecule has 0 saturated heterocycles. The Bertz CT molecular complexity index is 503. The van der Waals surface area contributed by atoms with E-state index in [0.29, 0.717) is 11.3 Å². The van der Waals surface area contributed by atoms with Gasteiger partial charge in [0.05, 0.1) is 5.92 Å². The van der Waals surface area contributed by atoms with E-state index in [9.17, 15) is 14.0 Å². The number of carbonyl (C=O) groups is 2. The molecule has 1 atom stereocenters. The molecule has 0 aromatic heterocycles. The van der Waals surface area contributed by atoms with Gasteiger partial charge >= 0.3 is 12.0 Å². The normalized spacial score (nSPS) is 12.1. The third-order valence-electron chi connectivity index (χ3n) is 3.03. The Morgan fingerprint density at radius 3 is 2.50 bits per heavy atom. The van der Waals surface area contributed by atoms with Gasteiger partial charge in [0.25, 0.3) is 0 Å². The molecule has 110 valence electrons. The topological polar surface area (TPSA) is 78.4 Å². The summed E-state index contributed by atoms with van der Waals surface area (Å²) in [6.45, 7) is 5.19. The van der Waals surface area contributed by atoms with E-state index in [4.69, 9.17) is 5.11 Å². The predicted octanol–water partition coefficient (Wildman–Crippen LogP) is 2.61. The average molecular weight is 282 g/mol. The van der Waals surface area contributed by atoms with Crippen LogP contribution >= 0.6 is 0 Å². The lowest BCUT2D eigenvalue weighted by Gasteiger charge is -2.17. The maximum Gasteiger partial charge on any atom is 0.319 e. The predicted molar refractivity (Wildman–Crippen MR) is 74.1 cm³/mol. The van der Waals surface area contributed by atoms with Crippen LogP contribution in [0.25, 0.3) is 0 Å². The zero-order chi connectivity index (χ0) is 15.3. The van der Waals surface area contributed by atoms with E-state index in [1.807, 2.05) is 0 Å². The fraction of sp³-hybridized carbons (Fsp3) is 0.429. The molecule has 0 bridgehead atoms. The number of anilines is 1. The molecule has 0 saturated carbocycles. The number of carboxylic acid groups (broad SMARTS) is 1. The van der Waals surface area contributed by atoms with Crippen molar-refractivity contribution in [3.05, 3.63) is 29.6 Å². The summed E-state index contributed by atoms with van der Waals surface area (Å²) < 4.78 is 13.3. The first-order valence-corrected chi connectivity index (χ1v) is 6.35. The fourth-order valence-corrected chi connectivity index (χ4v) is 1.66. The first-order valence-electron chi connectivity index (χ1n) is 6.35. The molecular formula is C14H19FN2O3. The van der Waals surface area contributed by atoms with Crippen molar-refractivity contribution in [1.29, 1.82) is 0 Å². The number of benzene rings is 1. The molecule has 0 heterocycles. The van der Waals surface area contributed by atoms with Gasteiger partial charge in [-0.2, -0.15) is 0 Å². The lowest BCUT2D eigenvalue weighted by molar-refractivity contribution is -0.142. The Balaban J connectivity index is 2.55. The first kappa shape index (κ1) is 15.9.